The molecule has 1 aromatic heterocycles. The summed E-state index contributed by atoms with van der Waals surface area (Å²) in [5.74, 6) is 2.10. The smallest absolute Gasteiger partial charge is 0.224 e. The van der Waals surface area contributed by atoms with E-state index < -0.39 is 0 Å². The second-order valence-corrected chi connectivity index (χ2v) is 6.52. The number of nitrogens with one attached hydrogen (secondary N) is 2. The van der Waals surface area contributed by atoms with E-state index in [4.69, 9.17) is 0 Å². The molecular formula is C14H23BrN4O. The van der Waals surface area contributed by atoms with Gasteiger partial charge in [-0.2, -0.15) is 4.98 Å². The van der Waals surface area contributed by atoms with Gasteiger partial charge in [0.1, 0.15) is 5.82 Å². The molecule has 0 saturated heterocycles. The lowest BCUT2D eigenvalue weighted by Crippen LogP contribution is -2.45. The van der Waals surface area contributed by atoms with Crippen molar-refractivity contribution < 1.29 is 5.11 Å². The number of hydrogen-bond donors (Lipinski definition) is 3. The highest BCUT2D eigenvalue weighted by Gasteiger charge is 2.34. The summed E-state index contributed by atoms with van der Waals surface area (Å²) in [6, 6.07) is 0. The molecule has 6 heteroatoms. The summed E-state index contributed by atoms with van der Waals surface area (Å²) in [5, 5.41) is 16.4. The highest BCUT2D eigenvalue weighted by molar-refractivity contribution is 9.10. The lowest BCUT2D eigenvalue weighted by Gasteiger charge is -2.39. The maximum atomic E-state index is 9.82. The van der Waals surface area contributed by atoms with E-state index in [1.165, 1.54) is 0 Å². The van der Waals surface area contributed by atoms with E-state index in [-0.39, 0.29) is 12.1 Å². The Balaban J connectivity index is 2.16. The predicted molar refractivity (Wildman–Crippen MR) is 85.0 cm³/mol. The summed E-state index contributed by atoms with van der Waals surface area (Å²) >= 11 is 3.48. The van der Waals surface area contributed by atoms with Crippen molar-refractivity contribution in [3.63, 3.8) is 0 Å². The third-order valence-corrected chi connectivity index (χ3v) is 4.58. The molecule has 0 spiro atoms. The number of anilines is 2. The lowest BCUT2D eigenvalue weighted by molar-refractivity contribution is 0.155. The summed E-state index contributed by atoms with van der Waals surface area (Å²) in [5.41, 5.74) is -0.257. The van der Waals surface area contributed by atoms with E-state index in [1.807, 2.05) is 6.92 Å². The van der Waals surface area contributed by atoms with Gasteiger partial charge in [-0.1, -0.05) is 6.92 Å². The molecule has 0 atom stereocenters. The minimum absolute atomic E-state index is 0.132. The Morgan fingerprint density at radius 3 is 2.75 bits per heavy atom. The number of halogens is 1. The molecule has 1 saturated carbocycles. The Kier molecular flexibility index (Phi) is 5.21. The fourth-order valence-corrected chi connectivity index (χ4v) is 2.88. The molecule has 1 fully saturated rings. The Labute approximate surface area is 128 Å². The average molecular weight is 343 g/mol. The van der Waals surface area contributed by atoms with Gasteiger partial charge in [0.05, 0.1) is 16.6 Å². The first-order valence-corrected chi connectivity index (χ1v) is 8.03. The van der Waals surface area contributed by atoms with Crippen LogP contribution < -0.4 is 10.6 Å². The molecule has 1 aliphatic carbocycles. The number of nitrogens with zero attached hydrogens (tertiary/aromatic N) is 2. The largest absolute Gasteiger partial charge is 0.394 e. The molecule has 20 heavy (non-hydrogen) atoms. The predicted octanol–water partition coefficient (Wildman–Crippen LogP) is 3.02. The quantitative estimate of drug-likeness (QED) is 0.767. The molecule has 1 aliphatic rings. The standard InChI is InChI=1S/C14H23BrN4O/c1-3-16-13-17-8-11(15)12(18-13)19-14(9-20)6-4-10(2)5-7-14/h8,10,20H,3-7,9H2,1-2H3,(H2,16,17,18,19). The fourth-order valence-electron chi connectivity index (χ4n) is 2.59. The van der Waals surface area contributed by atoms with Crippen LogP contribution in [0.25, 0.3) is 0 Å². The molecule has 0 radical (unpaired) electrons. The molecule has 2 rings (SSSR count). The first-order valence-electron chi connectivity index (χ1n) is 7.24. The molecule has 0 bridgehead atoms. The number of aromatic nitrogens is 2. The van der Waals surface area contributed by atoms with Crippen molar-refractivity contribution in [2.45, 2.75) is 45.1 Å². The number of hydrogen-bond acceptors (Lipinski definition) is 5. The van der Waals surface area contributed by atoms with Gasteiger partial charge in [0, 0.05) is 12.7 Å². The summed E-state index contributed by atoms with van der Waals surface area (Å²) in [6.07, 6.45) is 5.95. The van der Waals surface area contributed by atoms with Crippen LogP contribution in [0.2, 0.25) is 0 Å². The van der Waals surface area contributed by atoms with Crippen LogP contribution in [0, 0.1) is 5.92 Å². The SMILES string of the molecule is CCNc1ncc(Br)c(NC2(CO)CCC(C)CC2)n1. The summed E-state index contributed by atoms with van der Waals surface area (Å²) in [6.45, 7) is 5.19. The van der Waals surface area contributed by atoms with Crippen molar-refractivity contribution >= 4 is 27.7 Å². The Morgan fingerprint density at radius 2 is 2.15 bits per heavy atom. The van der Waals surface area contributed by atoms with Crippen molar-refractivity contribution in [1.82, 2.24) is 9.97 Å². The van der Waals surface area contributed by atoms with E-state index in [9.17, 15) is 5.11 Å². The van der Waals surface area contributed by atoms with Gasteiger partial charge >= 0.3 is 0 Å². The molecule has 0 aliphatic heterocycles. The lowest BCUT2D eigenvalue weighted by atomic mass is 9.77. The van der Waals surface area contributed by atoms with E-state index in [1.54, 1.807) is 6.20 Å². The maximum absolute atomic E-state index is 9.82. The monoisotopic (exact) mass is 342 g/mol. The van der Waals surface area contributed by atoms with Crippen LogP contribution in [0.4, 0.5) is 11.8 Å². The van der Waals surface area contributed by atoms with E-state index >= 15 is 0 Å². The van der Waals surface area contributed by atoms with Crippen LogP contribution in [0.15, 0.2) is 10.7 Å². The van der Waals surface area contributed by atoms with Crippen molar-refractivity contribution in [2.75, 3.05) is 23.8 Å². The first kappa shape index (κ1) is 15.5. The molecule has 3 N–H and O–H groups in total. The zero-order valence-electron chi connectivity index (χ0n) is 12.1. The third-order valence-electron chi connectivity index (χ3n) is 4.00. The van der Waals surface area contributed by atoms with Crippen LogP contribution in [-0.4, -0.2) is 33.8 Å². The van der Waals surface area contributed by atoms with Crippen LogP contribution in [0.3, 0.4) is 0 Å². The number of aliphatic hydroxyl groups is 1. The minimum atomic E-state index is -0.257. The summed E-state index contributed by atoms with van der Waals surface area (Å²) in [4.78, 5) is 8.69. The molecule has 112 valence electrons. The molecule has 1 aromatic rings. The van der Waals surface area contributed by atoms with Gasteiger partial charge in [-0.3, -0.25) is 0 Å². The normalized spacial score (nSPS) is 26.3. The van der Waals surface area contributed by atoms with Gasteiger partial charge in [0.2, 0.25) is 5.95 Å². The Morgan fingerprint density at radius 1 is 1.45 bits per heavy atom. The molecule has 1 heterocycles. The zero-order valence-corrected chi connectivity index (χ0v) is 13.7. The first-order chi connectivity index (χ1) is 9.58. The van der Waals surface area contributed by atoms with Crippen molar-refractivity contribution in [3.8, 4) is 0 Å². The number of aliphatic hydroxyl groups excluding tert-OH is 1. The second kappa shape index (κ2) is 6.72. The van der Waals surface area contributed by atoms with E-state index in [0.29, 0.717) is 5.95 Å². The molecule has 0 aromatic carbocycles. The topological polar surface area (TPSA) is 70.1 Å². The molecule has 5 nitrogen and oxygen atoms in total. The van der Waals surface area contributed by atoms with E-state index in [2.05, 4.69) is 43.5 Å². The Bertz CT molecular complexity index is 447. The Hall–Kier alpha value is -0.880. The van der Waals surface area contributed by atoms with Crippen molar-refractivity contribution in [3.05, 3.63) is 10.7 Å². The molecule has 0 amide bonds. The van der Waals surface area contributed by atoms with Gasteiger partial charge in [0.15, 0.2) is 0 Å². The van der Waals surface area contributed by atoms with Crippen LogP contribution in [0.1, 0.15) is 39.5 Å². The van der Waals surface area contributed by atoms with Crippen molar-refractivity contribution in [1.29, 1.82) is 0 Å². The third kappa shape index (κ3) is 3.61. The van der Waals surface area contributed by atoms with Gasteiger partial charge in [-0.05, 0) is 54.5 Å². The van der Waals surface area contributed by atoms with Crippen LogP contribution in [0.5, 0.6) is 0 Å². The molecule has 0 unspecified atom stereocenters. The average Bonchev–Trinajstić information content (AvgIpc) is 2.46. The highest BCUT2D eigenvalue weighted by atomic mass is 79.9. The van der Waals surface area contributed by atoms with Gasteiger partial charge in [-0.15, -0.1) is 0 Å². The minimum Gasteiger partial charge on any atom is -0.394 e. The summed E-state index contributed by atoms with van der Waals surface area (Å²) in [7, 11) is 0. The van der Waals surface area contributed by atoms with E-state index in [0.717, 1.165) is 48.4 Å². The van der Waals surface area contributed by atoms with Crippen LogP contribution in [-0.2, 0) is 0 Å². The zero-order chi connectivity index (χ0) is 14.6. The van der Waals surface area contributed by atoms with Gasteiger partial charge < -0.3 is 15.7 Å². The van der Waals surface area contributed by atoms with Crippen molar-refractivity contribution in [2.24, 2.45) is 5.92 Å². The summed E-state index contributed by atoms with van der Waals surface area (Å²) < 4.78 is 0.825. The van der Waals surface area contributed by atoms with Gasteiger partial charge in [-0.25, -0.2) is 4.98 Å². The number of rotatable bonds is 5. The van der Waals surface area contributed by atoms with Crippen LogP contribution >= 0.6 is 15.9 Å². The fraction of sp³-hybridized carbons (Fsp3) is 0.714. The molecular weight excluding hydrogens is 320 g/mol. The highest BCUT2D eigenvalue weighted by Crippen LogP contribution is 2.35. The maximum Gasteiger partial charge on any atom is 0.224 e. The second-order valence-electron chi connectivity index (χ2n) is 5.67. The van der Waals surface area contributed by atoms with Gasteiger partial charge in [0.25, 0.3) is 0 Å².